The lowest BCUT2D eigenvalue weighted by Gasteiger charge is -2.06. The second kappa shape index (κ2) is 6.00. The lowest BCUT2D eigenvalue weighted by atomic mass is 10.3. The third kappa shape index (κ3) is 3.02. The molecule has 1 heterocycles. The van der Waals surface area contributed by atoms with Crippen LogP contribution in [0.4, 0.5) is 5.69 Å². The van der Waals surface area contributed by atoms with Crippen LogP contribution in [0.15, 0.2) is 22.6 Å². The van der Waals surface area contributed by atoms with Crippen LogP contribution in [0.5, 0.6) is 11.5 Å². The van der Waals surface area contributed by atoms with Crippen molar-refractivity contribution in [3.05, 3.63) is 40.1 Å². The summed E-state index contributed by atoms with van der Waals surface area (Å²) in [7, 11) is 1.43. The lowest BCUT2D eigenvalue weighted by Crippen LogP contribution is -2.00. The molecule has 8 heteroatoms. The molecule has 0 N–H and O–H groups in total. The number of ether oxygens (including phenoxy) is 2. The van der Waals surface area contributed by atoms with Crippen LogP contribution < -0.4 is 9.47 Å². The Labute approximate surface area is 114 Å². The van der Waals surface area contributed by atoms with Gasteiger partial charge in [-0.2, -0.15) is 0 Å². The highest BCUT2D eigenvalue weighted by molar-refractivity contribution is 5.50. The van der Waals surface area contributed by atoms with Crippen LogP contribution in [0.25, 0.3) is 0 Å². The maximum Gasteiger partial charge on any atom is 0.314 e. The number of benzene rings is 1. The van der Waals surface area contributed by atoms with Gasteiger partial charge in [-0.1, -0.05) is 6.92 Å². The molecule has 0 saturated carbocycles. The van der Waals surface area contributed by atoms with Gasteiger partial charge in [-0.25, -0.2) is 0 Å². The van der Waals surface area contributed by atoms with Crippen molar-refractivity contribution < 1.29 is 18.8 Å². The average molecular weight is 279 g/mol. The van der Waals surface area contributed by atoms with Gasteiger partial charge < -0.3 is 13.9 Å². The van der Waals surface area contributed by atoms with Crippen molar-refractivity contribution in [2.24, 2.45) is 0 Å². The van der Waals surface area contributed by atoms with E-state index >= 15 is 0 Å². The second-order valence-corrected chi connectivity index (χ2v) is 3.82. The van der Waals surface area contributed by atoms with Crippen LogP contribution in [0.2, 0.25) is 0 Å². The fraction of sp³-hybridized carbons (Fsp3) is 0.333. The third-order valence-electron chi connectivity index (χ3n) is 2.53. The van der Waals surface area contributed by atoms with E-state index in [1.54, 1.807) is 6.07 Å². The standard InChI is InChI=1S/C12H13N3O5/c1-3-11-13-14-12(20-11)7-19-10-5-4-8(18-2)6-9(10)15(16)17/h4-6H,3,7H2,1-2H3. The molecule has 1 aromatic heterocycles. The molecule has 1 aromatic carbocycles. The van der Waals surface area contributed by atoms with Crippen molar-refractivity contribution in [3.8, 4) is 11.5 Å². The van der Waals surface area contributed by atoms with Crippen molar-refractivity contribution in [3.63, 3.8) is 0 Å². The van der Waals surface area contributed by atoms with Crippen LogP contribution >= 0.6 is 0 Å². The molecule has 0 aliphatic carbocycles. The van der Waals surface area contributed by atoms with E-state index in [1.165, 1.54) is 19.2 Å². The van der Waals surface area contributed by atoms with E-state index in [0.29, 0.717) is 18.1 Å². The van der Waals surface area contributed by atoms with E-state index in [4.69, 9.17) is 13.9 Å². The van der Waals surface area contributed by atoms with Gasteiger partial charge in [0.15, 0.2) is 12.4 Å². The summed E-state index contributed by atoms with van der Waals surface area (Å²) in [6.45, 7) is 1.85. The highest BCUT2D eigenvalue weighted by Gasteiger charge is 2.17. The number of rotatable bonds is 6. The average Bonchev–Trinajstić information content (AvgIpc) is 2.92. The van der Waals surface area contributed by atoms with Gasteiger partial charge in [-0.05, 0) is 12.1 Å². The molecule has 20 heavy (non-hydrogen) atoms. The first-order chi connectivity index (χ1) is 9.63. The Kier molecular flexibility index (Phi) is 4.14. The third-order valence-corrected chi connectivity index (χ3v) is 2.53. The minimum absolute atomic E-state index is 0.0276. The Bertz CT molecular complexity index is 611. The van der Waals surface area contributed by atoms with Gasteiger partial charge in [0.1, 0.15) is 5.75 Å². The van der Waals surface area contributed by atoms with E-state index < -0.39 is 4.92 Å². The zero-order valence-corrected chi connectivity index (χ0v) is 11.0. The molecule has 0 unspecified atom stereocenters. The number of hydrogen-bond acceptors (Lipinski definition) is 7. The molecule has 0 aliphatic heterocycles. The van der Waals surface area contributed by atoms with Gasteiger partial charge in [0, 0.05) is 6.42 Å². The fourth-order valence-electron chi connectivity index (χ4n) is 1.52. The van der Waals surface area contributed by atoms with E-state index in [9.17, 15) is 10.1 Å². The van der Waals surface area contributed by atoms with Crippen molar-refractivity contribution in [2.75, 3.05) is 7.11 Å². The SMILES string of the molecule is CCc1nnc(COc2ccc(OC)cc2[N+](=O)[O-])o1. The Morgan fingerprint density at radius 1 is 1.35 bits per heavy atom. The zero-order valence-electron chi connectivity index (χ0n) is 11.0. The molecular weight excluding hydrogens is 266 g/mol. The predicted octanol–water partition coefficient (Wildman–Crippen LogP) is 2.13. The van der Waals surface area contributed by atoms with Gasteiger partial charge in [-0.15, -0.1) is 10.2 Å². The highest BCUT2D eigenvalue weighted by atomic mass is 16.6. The molecule has 0 atom stereocenters. The maximum absolute atomic E-state index is 11.0. The summed E-state index contributed by atoms with van der Waals surface area (Å²) < 4.78 is 15.5. The van der Waals surface area contributed by atoms with E-state index in [-0.39, 0.29) is 23.9 Å². The number of aromatic nitrogens is 2. The van der Waals surface area contributed by atoms with Crippen molar-refractivity contribution in [1.82, 2.24) is 10.2 Å². The van der Waals surface area contributed by atoms with E-state index in [1.807, 2.05) is 6.92 Å². The van der Waals surface area contributed by atoms with Gasteiger partial charge in [0.2, 0.25) is 5.89 Å². The molecule has 106 valence electrons. The monoisotopic (exact) mass is 279 g/mol. The minimum Gasteiger partial charge on any atom is -0.496 e. The molecule has 0 spiro atoms. The molecule has 0 aliphatic rings. The fourth-order valence-corrected chi connectivity index (χ4v) is 1.52. The number of aryl methyl sites for hydroxylation is 1. The topological polar surface area (TPSA) is 101 Å². The van der Waals surface area contributed by atoms with Crippen LogP contribution in [0.3, 0.4) is 0 Å². The molecule has 0 fully saturated rings. The second-order valence-electron chi connectivity index (χ2n) is 3.82. The molecule has 0 bridgehead atoms. The molecular formula is C12H13N3O5. The summed E-state index contributed by atoms with van der Waals surface area (Å²) in [5, 5.41) is 18.5. The minimum atomic E-state index is -0.539. The molecule has 0 radical (unpaired) electrons. The van der Waals surface area contributed by atoms with Crippen LogP contribution in [0.1, 0.15) is 18.7 Å². The number of nitro benzene ring substituents is 1. The van der Waals surface area contributed by atoms with Crippen LogP contribution in [0, 0.1) is 10.1 Å². The summed E-state index contributed by atoms with van der Waals surface area (Å²) in [5.74, 6) is 1.27. The first-order valence-electron chi connectivity index (χ1n) is 5.90. The van der Waals surface area contributed by atoms with Crippen LogP contribution in [-0.4, -0.2) is 22.2 Å². The maximum atomic E-state index is 11.0. The zero-order chi connectivity index (χ0) is 14.5. The van der Waals surface area contributed by atoms with Gasteiger partial charge in [0.25, 0.3) is 5.89 Å². The van der Waals surface area contributed by atoms with E-state index in [0.717, 1.165) is 0 Å². The van der Waals surface area contributed by atoms with Gasteiger partial charge in [-0.3, -0.25) is 10.1 Å². The quantitative estimate of drug-likeness (QED) is 0.589. The van der Waals surface area contributed by atoms with Gasteiger partial charge in [0.05, 0.1) is 18.1 Å². The Hall–Kier alpha value is -2.64. The number of hydrogen-bond donors (Lipinski definition) is 0. The number of methoxy groups -OCH3 is 1. The predicted molar refractivity (Wildman–Crippen MR) is 67.7 cm³/mol. The summed E-state index contributed by atoms with van der Waals surface area (Å²) in [6, 6.07) is 4.34. The summed E-state index contributed by atoms with van der Waals surface area (Å²) in [6.07, 6.45) is 0.621. The highest BCUT2D eigenvalue weighted by Crippen LogP contribution is 2.31. The Morgan fingerprint density at radius 2 is 2.10 bits per heavy atom. The lowest BCUT2D eigenvalue weighted by molar-refractivity contribution is -0.386. The van der Waals surface area contributed by atoms with Crippen molar-refractivity contribution >= 4 is 5.69 Å². The smallest absolute Gasteiger partial charge is 0.314 e. The largest absolute Gasteiger partial charge is 0.496 e. The van der Waals surface area contributed by atoms with Crippen molar-refractivity contribution in [1.29, 1.82) is 0 Å². The first kappa shape index (κ1) is 13.8. The molecule has 2 rings (SSSR count). The van der Waals surface area contributed by atoms with E-state index in [2.05, 4.69) is 10.2 Å². The molecule has 0 amide bonds. The first-order valence-corrected chi connectivity index (χ1v) is 5.90. The number of nitro groups is 1. The molecule has 0 saturated heterocycles. The Balaban J connectivity index is 2.14. The summed E-state index contributed by atoms with van der Waals surface area (Å²) in [5.41, 5.74) is -0.181. The normalized spacial score (nSPS) is 10.3. The van der Waals surface area contributed by atoms with Crippen LogP contribution in [-0.2, 0) is 13.0 Å². The molecule has 8 nitrogen and oxygen atoms in total. The van der Waals surface area contributed by atoms with Crippen molar-refractivity contribution in [2.45, 2.75) is 20.0 Å². The van der Waals surface area contributed by atoms with Gasteiger partial charge >= 0.3 is 5.69 Å². The number of nitrogens with zero attached hydrogens (tertiary/aromatic N) is 3. The molecule has 2 aromatic rings. The Morgan fingerprint density at radius 3 is 2.70 bits per heavy atom. The summed E-state index contributed by atoms with van der Waals surface area (Å²) in [4.78, 5) is 10.4. The summed E-state index contributed by atoms with van der Waals surface area (Å²) >= 11 is 0.